The third kappa shape index (κ3) is 4.42. The zero-order chi connectivity index (χ0) is 30.5. The van der Waals surface area contributed by atoms with E-state index >= 15 is 0 Å². The van der Waals surface area contributed by atoms with Gasteiger partial charge >= 0.3 is 0 Å². The SMILES string of the molecule is c1ccc(-c2nc3ccccc3nc2-c2ccc(Nc3c(-c4ccccc4)c4ccccc4c4c3sc3ccccc34)cc2)cc1. The quantitative estimate of drug-likeness (QED) is 0.212. The van der Waals surface area contributed by atoms with Crippen LogP contribution in [-0.2, 0) is 0 Å². The van der Waals surface area contributed by atoms with Crippen molar-refractivity contribution in [3.05, 3.63) is 158 Å². The van der Waals surface area contributed by atoms with Crippen LogP contribution in [0.1, 0.15) is 0 Å². The first-order valence-corrected chi connectivity index (χ1v) is 16.2. The third-order valence-corrected chi connectivity index (χ3v) is 9.83. The van der Waals surface area contributed by atoms with Gasteiger partial charge in [-0.25, -0.2) is 9.97 Å². The van der Waals surface area contributed by atoms with Crippen LogP contribution >= 0.6 is 11.3 Å². The minimum absolute atomic E-state index is 0.874. The summed E-state index contributed by atoms with van der Waals surface area (Å²) >= 11 is 1.85. The van der Waals surface area contributed by atoms with Crippen molar-refractivity contribution in [2.75, 3.05) is 5.32 Å². The number of nitrogens with one attached hydrogen (secondary N) is 1. The van der Waals surface area contributed by atoms with Gasteiger partial charge in [0.1, 0.15) is 0 Å². The number of hydrogen-bond acceptors (Lipinski definition) is 4. The van der Waals surface area contributed by atoms with Gasteiger partial charge in [-0.05, 0) is 46.7 Å². The van der Waals surface area contributed by atoms with Gasteiger partial charge in [-0.15, -0.1) is 11.3 Å². The van der Waals surface area contributed by atoms with E-state index in [1.54, 1.807) is 0 Å². The summed E-state index contributed by atoms with van der Waals surface area (Å²) in [4.78, 5) is 10.2. The molecule has 216 valence electrons. The van der Waals surface area contributed by atoms with Crippen LogP contribution in [0.15, 0.2) is 158 Å². The molecule has 2 aromatic heterocycles. The Labute approximate surface area is 270 Å². The number of benzene rings is 7. The molecule has 0 spiro atoms. The molecule has 0 bridgehead atoms. The Morgan fingerprint density at radius 1 is 0.435 bits per heavy atom. The number of rotatable bonds is 5. The number of fused-ring (bicyclic) bond motifs is 6. The van der Waals surface area contributed by atoms with Crippen molar-refractivity contribution >= 4 is 64.7 Å². The van der Waals surface area contributed by atoms with E-state index in [9.17, 15) is 0 Å². The van der Waals surface area contributed by atoms with E-state index in [1.165, 1.54) is 42.1 Å². The van der Waals surface area contributed by atoms with Crippen LogP contribution in [0.5, 0.6) is 0 Å². The highest BCUT2D eigenvalue weighted by atomic mass is 32.1. The first kappa shape index (κ1) is 26.6. The summed E-state index contributed by atoms with van der Waals surface area (Å²) < 4.78 is 2.55. The molecule has 0 amide bonds. The summed E-state index contributed by atoms with van der Waals surface area (Å²) in [7, 11) is 0. The molecule has 3 nitrogen and oxygen atoms in total. The largest absolute Gasteiger partial charge is 0.354 e. The van der Waals surface area contributed by atoms with Gasteiger partial charge in [0.2, 0.25) is 0 Å². The lowest BCUT2D eigenvalue weighted by Crippen LogP contribution is -1.97. The Bertz CT molecular complexity index is 2540. The predicted octanol–water partition coefficient (Wildman–Crippen LogP) is 11.9. The molecule has 0 aliphatic heterocycles. The smallest absolute Gasteiger partial charge is 0.0973 e. The fourth-order valence-corrected chi connectivity index (χ4v) is 7.76. The van der Waals surface area contributed by atoms with E-state index in [0.717, 1.165) is 44.9 Å². The maximum atomic E-state index is 5.11. The van der Waals surface area contributed by atoms with Crippen LogP contribution in [0.2, 0.25) is 0 Å². The summed E-state index contributed by atoms with van der Waals surface area (Å²) in [5, 5.41) is 9.00. The lowest BCUT2D eigenvalue weighted by atomic mass is 9.93. The van der Waals surface area contributed by atoms with Crippen LogP contribution in [-0.4, -0.2) is 9.97 Å². The van der Waals surface area contributed by atoms with Crippen molar-refractivity contribution in [3.63, 3.8) is 0 Å². The van der Waals surface area contributed by atoms with E-state index < -0.39 is 0 Å². The molecule has 0 radical (unpaired) electrons. The maximum absolute atomic E-state index is 5.11. The second-order valence-corrected chi connectivity index (χ2v) is 12.5. The number of anilines is 2. The van der Waals surface area contributed by atoms with E-state index in [4.69, 9.17) is 9.97 Å². The molecule has 0 fully saturated rings. The Morgan fingerprint density at radius 2 is 0.957 bits per heavy atom. The molecule has 9 rings (SSSR count). The topological polar surface area (TPSA) is 37.8 Å². The minimum atomic E-state index is 0.874. The van der Waals surface area contributed by atoms with E-state index in [0.29, 0.717) is 0 Å². The Balaban J connectivity index is 1.22. The zero-order valence-corrected chi connectivity index (χ0v) is 25.6. The van der Waals surface area contributed by atoms with Crippen LogP contribution in [0.4, 0.5) is 11.4 Å². The number of hydrogen-bond donors (Lipinski definition) is 1. The molecule has 0 saturated carbocycles. The normalized spacial score (nSPS) is 11.5. The lowest BCUT2D eigenvalue weighted by molar-refractivity contribution is 1.29. The first-order valence-electron chi connectivity index (χ1n) is 15.4. The number of nitrogens with zero attached hydrogens (tertiary/aromatic N) is 2. The Morgan fingerprint density at radius 3 is 1.63 bits per heavy atom. The zero-order valence-electron chi connectivity index (χ0n) is 24.8. The summed E-state index contributed by atoms with van der Waals surface area (Å²) in [6, 6.07) is 55.3. The predicted molar refractivity (Wildman–Crippen MR) is 196 cm³/mol. The van der Waals surface area contributed by atoms with E-state index in [1.807, 2.05) is 53.8 Å². The van der Waals surface area contributed by atoms with E-state index in [2.05, 4.69) is 121 Å². The standard InChI is InChI=1S/C42H27N3S/c1-3-13-27(14-4-1)37-31-17-7-8-18-32(31)38-33-19-9-12-22-36(33)46-42(38)41(37)43-30-25-23-29(24-26-30)40-39(28-15-5-2-6-16-28)44-34-20-10-11-21-35(34)45-40/h1-26,43H. The van der Waals surface area contributed by atoms with Gasteiger partial charge in [-0.1, -0.05) is 127 Å². The first-order chi connectivity index (χ1) is 22.8. The van der Waals surface area contributed by atoms with Gasteiger partial charge in [0.05, 0.1) is 32.8 Å². The minimum Gasteiger partial charge on any atom is -0.354 e. The average Bonchev–Trinajstić information content (AvgIpc) is 3.52. The third-order valence-electron chi connectivity index (χ3n) is 8.65. The second kappa shape index (κ2) is 11.0. The molecule has 0 unspecified atom stereocenters. The molecule has 2 heterocycles. The fraction of sp³-hybridized carbons (Fsp3) is 0. The monoisotopic (exact) mass is 605 g/mol. The van der Waals surface area contributed by atoms with Gasteiger partial charge < -0.3 is 5.32 Å². The van der Waals surface area contributed by atoms with Crippen molar-refractivity contribution in [1.29, 1.82) is 0 Å². The summed E-state index contributed by atoms with van der Waals surface area (Å²) in [5.74, 6) is 0. The Kier molecular flexibility index (Phi) is 6.32. The van der Waals surface area contributed by atoms with Crippen LogP contribution in [0.3, 0.4) is 0 Å². The van der Waals surface area contributed by atoms with Gasteiger partial charge in [0, 0.05) is 37.9 Å². The lowest BCUT2D eigenvalue weighted by Gasteiger charge is -2.18. The van der Waals surface area contributed by atoms with Gasteiger partial charge in [0.25, 0.3) is 0 Å². The van der Waals surface area contributed by atoms with Crippen LogP contribution in [0, 0.1) is 0 Å². The maximum Gasteiger partial charge on any atom is 0.0973 e. The van der Waals surface area contributed by atoms with Crippen molar-refractivity contribution in [2.45, 2.75) is 0 Å². The number of thiophene rings is 1. The molecular formula is C42H27N3S. The molecule has 0 aliphatic carbocycles. The number of aromatic nitrogens is 2. The van der Waals surface area contributed by atoms with Crippen molar-refractivity contribution in [2.24, 2.45) is 0 Å². The highest BCUT2D eigenvalue weighted by Gasteiger charge is 2.20. The fourth-order valence-electron chi connectivity index (χ4n) is 6.53. The van der Waals surface area contributed by atoms with Crippen molar-refractivity contribution < 1.29 is 0 Å². The van der Waals surface area contributed by atoms with Crippen LogP contribution in [0.25, 0.3) is 75.6 Å². The highest BCUT2D eigenvalue weighted by molar-refractivity contribution is 7.26. The molecule has 7 aromatic carbocycles. The summed E-state index contributed by atoms with van der Waals surface area (Å²) in [6.45, 7) is 0. The summed E-state index contributed by atoms with van der Waals surface area (Å²) in [5.41, 5.74) is 10.2. The molecule has 1 N–H and O–H groups in total. The molecule has 9 aromatic rings. The average molecular weight is 606 g/mol. The molecule has 0 saturated heterocycles. The van der Waals surface area contributed by atoms with Gasteiger partial charge in [0.15, 0.2) is 0 Å². The van der Waals surface area contributed by atoms with Crippen LogP contribution < -0.4 is 5.32 Å². The number of para-hydroxylation sites is 2. The van der Waals surface area contributed by atoms with Crippen molar-refractivity contribution in [3.8, 4) is 33.6 Å². The summed E-state index contributed by atoms with van der Waals surface area (Å²) in [6.07, 6.45) is 0. The second-order valence-electron chi connectivity index (χ2n) is 11.4. The Hall–Kier alpha value is -5.84. The van der Waals surface area contributed by atoms with Gasteiger partial charge in [-0.3, -0.25) is 0 Å². The molecule has 4 heteroatoms. The molecule has 46 heavy (non-hydrogen) atoms. The highest BCUT2D eigenvalue weighted by Crippen LogP contribution is 2.49. The van der Waals surface area contributed by atoms with Crippen molar-refractivity contribution in [1.82, 2.24) is 9.97 Å². The molecule has 0 aliphatic rings. The molecule has 0 atom stereocenters. The van der Waals surface area contributed by atoms with Gasteiger partial charge in [-0.2, -0.15) is 0 Å². The van der Waals surface area contributed by atoms with E-state index in [-0.39, 0.29) is 0 Å². The molecular weight excluding hydrogens is 579 g/mol.